The standard InChI is InChI=1S/C19H25N5O2S.ClH/c1-11-8-22-18-17(11)15(3-4-20-18)24-5-6-27-16(10-24)19(26)23-12(2)14-7-13(25)9-21-14;/h3-4,8,10,12-14,21,25H,5-7,9H2,1-2H3,(H,20,22)(H,23,26);1H/t12?,13-,14-;/m1./s1. The van der Waals surface area contributed by atoms with Gasteiger partial charge in [-0.25, -0.2) is 4.98 Å². The minimum Gasteiger partial charge on any atom is -0.392 e. The lowest BCUT2D eigenvalue weighted by Crippen LogP contribution is -2.46. The van der Waals surface area contributed by atoms with Gasteiger partial charge in [-0.2, -0.15) is 0 Å². The van der Waals surface area contributed by atoms with Gasteiger partial charge in [-0.1, -0.05) is 0 Å². The number of carbonyl (C=O) groups is 1. The Morgan fingerprint density at radius 1 is 1.50 bits per heavy atom. The van der Waals surface area contributed by atoms with E-state index in [-0.39, 0.29) is 36.5 Å². The zero-order valence-electron chi connectivity index (χ0n) is 15.9. The smallest absolute Gasteiger partial charge is 0.259 e. The Morgan fingerprint density at radius 2 is 2.32 bits per heavy atom. The quantitative estimate of drug-likeness (QED) is 0.600. The molecule has 28 heavy (non-hydrogen) atoms. The number of nitrogens with zero attached hydrogens (tertiary/aromatic N) is 2. The molecular formula is C19H26ClN5O2S. The number of thioether (sulfide) groups is 1. The van der Waals surface area contributed by atoms with Crippen LogP contribution in [0.2, 0.25) is 0 Å². The highest BCUT2D eigenvalue weighted by Crippen LogP contribution is 2.32. The molecule has 0 spiro atoms. The SMILES string of the molecule is Cc1c[nH]c2nccc(N3C=C(C(=O)NC(C)[C@H]4C[C@@H](O)CN4)SCC3)c12.Cl. The van der Waals surface area contributed by atoms with Gasteiger partial charge in [0.1, 0.15) is 5.65 Å². The molecule has 4 heterocycles. The molecule has 0 aromatic carbocycles. The van der Waals surface area contributed by atoms with Crippen molar-refractivity contribution in [1.82, 2.24) is 20.6 Å². The minimum atomic E-state index is -0.327. The average molecular weight is 424 g/mol. The second-order valence-corrected chi connectivity index (χ2v) is 8.36. The van der Waals surface area contributed by atoms with Gasteiger partial charge in [0.2, 0.25) is 0 Å². The Kier molecular flexibility index (Phi) is 6.54. The van der Waals surface area contributed by atoms with Crippen molar-refractivity contribution < 1.29 is 9.90 Å². The highest BCUT2D eigenvalue weighted by atomic mass is 35.5. The third-order valence-electron chi connectivity index (χ3n) is 5.25. The fraction of sp³-hybridized carbons (Fsp3) is 0.474. The number of halogens is 1. The van der Waals surface area contributed by atoms with Crippen molar-refractivity contribution in [3.8, 4) is 0 Å². The number of amides is 1. The van der Waals surface area contributed by atoms with Crippen molar-refractivity contribution in [1.29, 1.82) is 0 Å². The number of anilines is 1. The molecule has 1 saturated heterocycles. The predicted octanol–water partition coefficient (Wildman–Crippen LogP) is 1.92. The van der Waals surface area contributed by atoms with Crippen LogP contribution < -0.4 is 15.5 Å². The molecule has 0 saturated carbocycles. The number of aromatic nitrogens is 2. The summed E-state index contributed by atoms with van der Waals surface area (Å²) in [7, 11) is 0. The number of pyridine rings is 1. The first kappa shape index (κ1) is 21.0. The summed E-state index contributed by atoms with van der Waals surface area (Å²) in [5.74, 6) is 0.790. The van der Waals surface area contributed by atoms with Crippen molar-refractivity contribution in [3.05, 3.63) is 35.1 Å². The average Bonchev–Trinajstić information content (AvgIpc) is 3.28. The lowest BCUT2D eigenvalue weighted by molar-refractivity contribution is -0.117. The molecule has 1 fully saturated rings. The number of rotatable bonds is 4. The molecular weight excluding hydrogens is 398 g/mol. The number of aliphatic hydroxyl groups excluding tert-OH is 1. The maximum absolute atomic E-state index is 12.8. The number of hydrogen-bond donors (Lipinski definition) is 4. The van der Waals surface area contributed by atoms with E-state index in [1.165, 1.54) is 0 Å². The van der Waals surface area contributed by atoms with Crippen molar-refractivity contribution >= 4 is 46.8 Å². The van der Waals surface area contributed by atoms with Crippen molar-refractivity contribution in [2.45, 2.75) is 38.5 Å². The molecule has 2 aliphatic heterocycles. The highest BCUT2D eigenvalue weighted by Gasteiger charge is 2.29. The fourth-order valence-corrected chi connectivity index (χ4v) is 4.66. The molecule has 2 aromatic rings. The van der Waals surface area contributed by atoms with Crippen LogP contribution in [0.5, 0.6) is 0 Å². The third-order valence-corrected chi connectivity index (χ3v) is 6.24. The molecule has 4 rings (SSSR count). The molecule has 4 N–H and O–H groups in total. The second kappa shape index (κ2) is 8.73. The minimum absolute atomic E-state index is 0. The Hall–Kier alpha value is -1.74. The topological polar surface area (TPSA) is 93.3 Å². The van der Waals surface area contributed by atoms with Gasteiger partial charge in [0.05, 0.1) is 16.7 Å². The molecule has 7 nitrogen and oxygen atoms in total. The summed E-state index contributed by atoms with van der Waals surface area (Å²) in [6.45, 7) is 5.47. The molecule has 152 valence electrons. The van der Waals surface area contributed by atoms with Crippen molar-refractivity contribution in [2.75, 3.05) is 23.7 Å². The van der Waals surface area contributed by atoms with E-state index in [0.29, 0.717) is 17.9 Å². The van der Waals surface area contributed by atoms with Crippen LogP contribution in [0.1, 0.15) is 18.9 Å². The van der Waals surface area contributed by atoms with Crippen LogP contribution in [-0.2, 0) is 4.79 Å². The lowest BCUT2D eigenvalue weighted by atomic mass is 10.1. The molecule has 9 heteroatoms. The van der Waals surface area contributed by atoms with Gasteiger partial charge < -0.3 is 25.6 Å². The summed E-state index contributed by atoms with van der Waals surface area (Å²) in [4.78, 5) is 23.2. The molecule has 0 aliphatic carbocycles. The molecule has 0 bridgehead atoms. The third kappa shape index (κ3) is 4.15. The highest BCUT2D eigenvalue weighted by molar-refractivity contribution is 8.04. The number of fused-ring (bicyclic) bond motifs is 1. The van der Waals surface area contributed by atoms with Crippen LogP contribution in [0, 0.1) is 6.92 Å². The number of aromatic amines is 1. The summed E-state index contributed by atoms with van der Waals surface area (Å²) in [6, 6.07) is 2.07. The van der Waals surface area contributed by atoms with E-state index >= 15 is 0 Å². The summed E-state index contributed by atoms with van der Waals surface area (Å²) in [6.07, 6.45) is 6.03. The van der Waals surface area contributed by atoms with Crippen molar-refractivity contribution in [2.24, 2.45) is 0 Å². The monoisotopic (exact) mass is 423 g/mol. The fourth-order valence-electron chi connectivity index (χ4n) is 3.76. The number of aryl methyl sites for hydroxylation is 1. The number of carbonyl (C=O) groups excluding carboxylic acids is 1. The maximum atomic E-state index is 12.8. The van der Waals surface area contributed by atoms with Gasteiger partial charge in [-0.15, -0.1) is 24.2 Å². The molecule has 2 aromatic heterocycles. The normalized spacial score (nSPS) is 23.2. The zero-order chi connectivity index (χ0) is 19.0. The molecule has 1 unspecified atom stereocenters. The molecule has 0 radical (unpaired) electrons. The first-order valence-electron chi connectivity index (χ1n) is 9.29. The van der Waals surface area contributed by atoms with Gasteiger partial charge >= 0.3 is 0 Å². The Morgan fingerprint density at radius 3 is 3.07 bits per heavy atom. The lowest BCUT2D eigenvalue weighted by Gasteiger charge is -2.28. The van der Waals surface area contributed by atoms with Crippen LogP contribution in [0.15, 0.2) is 29.6 Å². The van der Waals surface area contributed by atoms with E-state index in [9.17, 15) is 9.90 Å². The maximum Gasteiger partial charge on any atom is 0.259 e. The van der Waals surface area contributed by atoms with Crippen LogP contribution in [0.4, 0.5) is 5.69 Å². The number of hydrogen-bond acceptors (Lipinski definition) is 6. The number of H-pyrrole nitrogens is 1. The van der Waals surface area contributed by atoms with E-state index in [1.807, 2.05) is 25.4 Å². The second-order valence-electron chi connectivity index (χ2n) is 7.23. The van der Waals surface area contributed by atoms with Crippen LogP contribution >= 0.6 is 24.2 Å². The van der Waals surface area contributed by atoms with Crippen LogP contribution in [-0.4, -0.2) is 58.0 Å². The first-order chi connectivity index (χ1) is 13.0. The Labute approximate surface area is 174 Å². The summed E-state index contributed by atoms with van der Waals surface area (Å²) < 4.78 is 0. The largest absolute Gasteiger partial charge is 0.392 e. The van der Waals surface area contributed by atoms with Gasteiger partial charge in [0.25, 0.3) is 5.91 Å². The van der Waals surface area contributed by atoms with Gasteiger partial charge in [0.15, 0.2) is 0 Å². The molecule has 1 amide bonds. The number of β-amino-alcohol motifs (C(OH)–C–C–N with tert-alkyl or cyclic N) is 1. The zero-order valence-corrected chi connectivity index (χ0v) is 17.6. The number of nitrogens with one attached hydrogen (secondary N) is 3. The van der Waals surface area contributed by atoms with E-state index in [2.05, 4.69) is 32.4 Å². The predicted molar refractivity (Wildman–Crippen MR) is 116 cm³/mol. The van der Waals surface area contributed by atoms with E-state index in [1.54, 1.807) is 18.0 Å². The molecule has 2 aliphatic rings. The van der Waals surface area contributed by atoms with Crippen LogP contribution in [0.25, 0.3) is 11.0 Å². The van der Waals surface area contributed by atoms with Crippen molar-refractivity contribution in [3.63, 3.8) is 0 Å². The Balaban J connectivity index is 0.00000225. The summed E-state index contributed by atoms with van der Waals surface area (Å²) in [5, 5.41) is 17.1. The van der Waals surface area contributed by atoms with Crippen LogP contribution in [0.3, 0.4) is 0 Å². The van der Waals surface area contributed by atoms with E-state index in [4.69, 9.17) is 0 Å². The van der Waals surface area contributed by atoms with Gasteiger partial charge in [0, 0.05) is 54.9 Å². The summed E-state index contributed by atoms with van der Waals surface area (Å²) in [5.41, 5.74) is 3.07. The van der Waals surface area contributed by atoms with E-state index in [0.717, 1.165) is 34.6 Å². The van der Waals surface area contributed by atoms with E-state index < -0.39 is 0 Å². The Bertz CT molecular complexity index is 886. The van der Waals surface area contributed by atoms with Gasteiger partial charge in [-0.05, 0) is 31.9 Å². The number of aliphatic hydroxyl groups is 1. The first-order valence-corrected chi connectivity index (χ1v) is 10.3. The summed E-state index contributed by atoms with van der Waals surface area (Å²) >= 11 is 1.58. The van der Waals surface area contributed by atoms with Gasteiger partial charge in [-0.3, -0.25) is 4.79 Å². The molecule has 3 atom stereocenters.